The van der Waals surface area contributed by atoms with Crippen LogP contribution in [0, 0.1) is 5.92 Å². The number of nitrogens with zero attached hydrogens (tertiary/aromatic N) is 1. The Morgan fingerprint density at radius 3 is 2.62 bits per heavy atom. The van der Waals surface area contributed by atoms with Gasteiger partial charge in [-0.05, 0) is 36.6 Å². The molecule has 0 unspecified atom stereocenters. The fourth-order valence-electron chi connectivity index (χ4n) is 2.56. The van der Waals surface area contributed by atoms with E-state index in [1.54, 1.807) is 18.3 Å². The lowest BCUT2D eigenvalue weighted by Crippen LogP contribution is -2.22. The predicted octanol–water partition coefficient (Wildman–Crippen LogP) is 3.09. The zero-order chi connectivity index (χ0) is 15.1. The Morgan fingerprint density at radius 2 is 1.95 bits per heavy atom. The highest BCUT2D eigenvalue weighted by Crippen LogP contribution is 2.24. The Morgan fingerprint density at radius 1 is 1.24 bits per heavy atom. The molecule has 1 aromatic heterocycles. The van der Waals surface area contributed by atoms with Crippen molar-refractivity contribution in [2.24, 2.45) is 5.92 Å². The van der Waals surface area contributed by atoms with E-state index in [-0.39, 0.29) is 11.8 Å². The summed E-state index contributed by atoms with van der Waals surface area (Å²) in [6, 6.07) is 3.37. The Balaban J connectivity index is 1.99. The topological polar surface area (TPSA) is 79.3 Å². The maximum Gasteiger partial charge on any atom is 0.328 e. The average Bonchev–Trinajstić information content (AvgIpc) is 2.74. The number of carboxylic acids is 1. The minimum atomic E-state index is -1.00. The van der Waals surface area contributed by atoms with Crippen molar-refractivity contribution in [3.05, 3.63) is 30.0 Å². The van der Waals surface area contributed by atoms with Crippen molar-refractivity contribution in [1.29, 1.82) is 0 Å². The fourth-order valence-corrected chi connectivity index (χ4v) is 2.56. The van der Waals surface area contributed by atoms with Crippen LogP contribution in [0.15, 0.2) is 24.4 Å². The van der Waals surface area contributed by atoms with E-state index in [0.29, 0.717) is 11.4 Å². The number of aromatic nitrogens is 1. The molecule has 5 nitrogen and oxygen atoms in total. The number of aliphatic carboxylic acids is 1. The lowest BCUT2D eigenvalue weighted by molar-refractivity contribution is -0.131. The number of hydrogen-bond donors (Lipinski definition) is 2. The molecule has 1 heterocycles. The van der Waals surface area contributed by atoms with Gasteiger partial charge in [0.1, 0.15) is 5.82 Å². The molecule has 0 aromatic carbocycles. The number of hydrogen-bond acceptors (Lipinski definition) is 3. The zero-order valence-corrected chi connectivity index (χ0v) is 11.9. The Kier molecular flexibility index (Phi) is 5.49. The van der Waals surface area contributed by atoms with Gasteiger partial charge in [0.15, 0.2) is 0 Å². The molecule has 1 aliphatic rings. The van der Waals surface area contributed by atoms with E-state index in [1.165, 1.54) is 18.9 Å². The molecule has 1 amide bonds. The minimum absolute atomic E-state index is 0.0174. The van der Waals surface area contributed by atoms with Gasteiger partial charge in [-0.1, -0.05) is 25.7 Å². The normalized spacial score (nSPS) is 16.6. The summed E-state index contributed by atoms with van der Waals surface area (Å²) in [5.41, 5.74) is 0.698. The molecule has 0 aliphatic heterocycles. The molecule has 112 valence electrons. The summed E-state index contributed by atoms with van der Waals surface area (Å²) in [6.45, 7) is 0. The van der Waals surface area contributed by atoms with E-state index in [4.69, 9.17) is 5.11 Å². The van der Waals surface area contributed by atoms with Crippen molar-refractivity contribution in [3.8, 4) is 0 Å². The number of carbonyl (C=O) groups is 2. The average molecular weight is 288 g/mol. The molecule has 21 heavy (non-hydrogen) atoms. The fraction of sp³-hybridized carbons (Fsp3) is 0.438. The van der Waals surface area contributed by atoms with Crippen molar-refractivity contribution >= 4 is 23.8 Å². The molecule has 5 heteroatoms. The number of amides is 1. The second-order valence-corrected chi connectivity index (χ2v) is 5.32. The first-order chi connectivity index (χ1) is 10.1. The lowest BCUT2D eigenvalue weighted by atomic mass is 9.99. The molecule has 0 spiro atoms. The Labute approximate surface area is 124 Å². The van der Waals surface area contributed by atoms with Crippen molar-refractivity contribution in [3.63, 3.8) is 0 Å². The van der Waals surface area contributed by atoms with Crippen molar-refractivity contribution in [1.82, 2.24) is 4.98 Å². The predicted molar refractivity (Wildman–Crippen MR) is 80.7 cm³/mol. The smallest absolute Gasteiger partial charge is 0.328 e. The van der Waals surface area contributed by atoms with Gasteiger partial charge in [-0.2, -0.15) is 0 Å². The van der Waals surface area contributed by atoms with E-state index in [1.807, 2.05) is 0 Å². The molecule has 1 saturated carbocycles. The van der Waals surface area contributed by atoms with Gasteiger partial charge in [-0.3, -0.25) is 4.79 Å². The number of carbonyl (C=O) groups excluding carboxylic acids is 1. The van der Waals surface area contributed by atoms with Gasteiger partial charge in [-0.15, -0.1) is 0 Å². The van der Waals surface area contributed by atoms with Gasteiger partial charge in [-0.25, -0.2) is 9.78 Å². The molecule has 1 aromatic rings. The van der Waals surface area contributed by atoms with Gasteiger partial charge in [0.05, 0.1) is 0 Å². The van der Waals surface area contributed by atoms with Crippen molar-refractivity contribution in [2.75, 3.05) is 5.32 Å². The van der Waals surface area contributed by atoms with E-state index >= 15 is 0 Å². The molecule has 0 bridgehead atoms. The van der Waals surface area contributed by atoms with E-state index in [9.17, 15) is 9.59 Å². The zero-order valence-electron chi connectivity index (χ0n) is 11.9. The number of anilines is 1. The molecule has 1 fully saturated rings. The van der Waals surface area contributed by atoms with Crippen LogP contribution in [0.2, 0.25) is 0 Å². The van der Waals surface area contributed by atoms with Crippen LogP contribution < -0.4 is 5.32 Å². The third kappa shape index (κ3) is 5.02. The third-order valence-electron chi connectivity index (χ3n) is 3.68. The van der Waals surface area contributed by atoms with E-state index in [0.717, 1.165) is 31.8 Å². The molecule has 2 N–H and O–H groups in total. The molecule has 0 saturated heterocycles. The molecular weight excluding hydrogens is 268 g/mol. The number of rotatable bonds is 4. The summed E-state index contributed by atoms with van der Waals surface area (Å²) in [4.78, 5) is 26.8. The van der Waals surface area contributed by atoms with E-state index < -0.39 is 5.97 Å². The Bertz CT molecular complexity index is 532. The monoisotopic (exact) mass is 288 g/mol. The van der Waals surface area contributed by atoms with Crippen molar-refractivity contribution in [2.45, 2.75) is 38.5 Å². The summed E-state index contributed by atoms with van der Waals surface area (Å²) < 4.78 is 0. The molecule has 0 radical (unpaired) electrons. The highest BCUT2D eigenvalue weighted by atomic mass is 16.4. The molecule has 2 rings (SSSR count). The highest BCUT2D eigenvalue weighted by molar-refractivity contribution is 5.92. The highest BCUT2D eigenvalue weighted by Gasteiger charge is 2.20. The van der Waals surface area contributed by atoms with Gasteiger partial charge in [0, 0.05) is 18.2 Å². The van der Waals surface area contributed by atoms with Crippen LogP contribution in [0.3, 0.4) is 0 Å². The quantitative estimate of drug-likeness (QED) is 0.659. The van der Waals surface area contributed by atoms with Crippen LogP contribution in [-0.4, -0.2) is 22.0 Å². The largest absolute Gasteiger partial charge is 0.478 e. The van der Waals surface area contributed by atoms with Crippen LogP contribution in [-0.2, 0) is 9.59 Å². The molecule has 0 atom stereocenters. The molecular formula is C16H20N2O3. The van der Waals surface area contributed by atoms with Crippen LogP contribution in [0.5, 0.6) is 0 Å². The van der Waals surface area contributed by atoms with Crippen LogP contribution >= 0.6 is 0 Å². The number of carboxylic acid groups (broad SMARTS) is 1. The maximum atomic E-state index is 12.2. The van der Waals surface area contributed by atoms with Crippen LogP contribution in [0.4, 0.5) is 5.82 Å². The van der Waals surface area contributed by atoms with Gasteiger partial charge in [0.2, 0.25) is 5.91 Å². The summed E-state index contributed by atoms with van der Waals surface area (Å²) in [5, 5.41) is 11.5. The lowest BCUT2D eigenvalue weighted by Gasteiger charge is -2.13. The third-order valence-corrected chi connectivity index (χ3v) is 3.68. The standard InChI is InChI=1S/C16H20N2O3/c19-15(20)8-7-12-9-10-17-14(11-12)18-16(21)13-5-3-1-2-4-6-13/h7-11,13H,1-6H2,(H,19,20)(H,17,18,21)/b8-7+. The second kappa shape index (κ2) is 7.57. The van der Waals surface area contributed by atoms with Gasteiger partial charge in [0.25, 0.3) is 0 Å². The molecule has 1 aliphatic carbocycles. The summed E-state index contributed by atoms with van der Waals surface area (Å²) in [6.07, 6.45) is 10.6. The SMILES string of the molecule is O=C(O)/C=C/c1ccnc(NC(=O)C2CCCCCC2)c1. The first-order valence-electron chi connectivity index (χ1n) is 7.33. The second-order valence-electron chi connectivity index (χ2n) is 5.32. The first kappa shape index (κ1) is 15.2. The minimum Gasteiger partial charge on any atom is -0.478 e. The van der Waals surface area contributed by atoms with Gasteiger partial charge < -0.3 is 10.4 Å². The van der Waals surface area contributed by atoms with Crippen molar-refractivity contribution < 1.29 is 14.7 Å². The summed E-state index contributed by atoms with van der Waals surface area (Å²) >= 11 is 0. The summed E-state index contributed by atoms with van der Waals surface area (Å²) in [5.74, 6) is -0.455. The van der Waals surface area contributed by atoms with Crippen LogP contribution in [0.25, 0.3) is 6.08 Å². The van der Waals surface area contributed by atoms with Gasteiger partial charge >= 0.3 is 5.97 Å². The van der Waals surface area contributed by atoms with E-state index in [2.05, 4.69) is 10.3 Å². The number of pyridine rings is 1. The summed E-state index contributed by atoms with van der Waals surface area (Å²) in [7, 11) is 0. The maximum absolute atomic E-state index is 12.2. The Hall–Kier alpha value is -2.17. The van der Waals surface area contributed by atoms with Crippen LogP contribution in [0.1, 0.15) is 44.1 Å². The first-order valence-corrected chi connectivity index (χ1v) is 7.33. The number of nitrogens with one attached hydrogen (secondary N) is 1.